The van der Waals surface area contributed by atoms with E-state index in [0.717, 1.165) is 16.6 Å². The summed E-state index contributed by atoms with van der Waals surface area (Å²) in [5.74, 6) is 0.194. The summed E-state index contributed by atoms with van der Waals surface area (Å²) in [4.78, 5) is 4.27. The lowest BCUT2D eigenvalue weighted by Crippen LogP contribution is -1.91. The van der Waals surface area contributed by atoms with E-state index in [1.807, 2.05) is 13.0 Å². The Morgan fingerprint density at radius 2 is 2.07 bits per heavy atom. The van der Waals surface area contributed by atoms with E-state index in [1.54, 1.807) is 18.2 Å². The molecule has 0 unspecified atom stereocenters. The van der Waals surface area contributed by atoms with Crippen molar-refractivity contribution >= 4 is 10.9 Å². The first-order chi connectivity index (χ1) is 6.70. The molecule has 1 heterocycles. The first-order valence-electron chi connectivity index (χ1n) is 4.41. The Bertz CT molecular complexity index is 475. The number of hydrogen-bond donors (Lipinski definition) is 2. The number of aliphatic hydroxyl groups excluding tert-OH is 1. The van der Waals surface area contributed by atoms with E-state index in [2.05, 4.69) is 4.98 Å². The highest BCUT2D eigenvalue weighted by Crippen LogP contribution is 2.22. The minimum absolute atomic E-state index is 0.00929. The molecule has 0 radical (unpaired) electrons. The van der Waals surface area contributed by atoms with Gasteiger partial charge in [-0.3, -0.25) is 4.98 Å². The van der Waals surface area contributed by atoms with Gasteiger partial charge in [0.1, 0.15) is 5.75 Å². The van der Waals surface area contributed by atoms with Crippen LogP contribution in [0, 0.1) is 6.92 Å². The van der Waals surface area contributed by atoms with Crippen LogP contribution in [0.3, 0.4) is 0 Å². The van der Waals surface area contributed by atoms with Crippen molar-refractivity contribution in [3.8, 4) is 5.75 Å². The van der Waals surface area contributed by atoms with E-state index < -0.39 is 0 Å². The summed E-state index contributed by atoms with van der Waals surface area (Å²) in [6, 6.07) is 6.81. The topological polar surface area (TPSA) is 53.4 Å². The molecule has 2 N–H and O–H groups in total. The SMILES string of the molecule is Cc1cc(CO)c2ccc(O)cc2n1. The largest absolute Gasteiger partial charge is 0.508 e. The van der Waals surface area contributed by atoms with Crippen molar-refractivity contribution in [3.63, 3.8) is 0 Å². The number of aromatic nitrogens is 1. The maximum atomic E-state index is 9.28. The summed E-state index contributed by atoms with van der Waals surface area (Å²) in [5.41, 5.74) is 2.40. The predicted molar refractivity (Wildman–Crippen MR) is 54.1 cm³/mol. The summed E-state index contributed by atoms with van der Waals surface area (Å²) >= 11 is 0. The smallest absolute Gasteiger partial charge is 0.117 e. The monoisotopic (exact) mass is 189 g/mol. The van der Waals surface area contributed by atoms with Crippen LogP contribution >= 0.6 is 0 Å². The van der Waals surface area contributed by atoms with Crippen molar-refractivity contribution in [2.45, 2.75) is 13.5 Å². The number of nitrogens with zero attached hydrogens (tertiary/aromatic N) is 1. The van der Waals surface area contributed by atoms with Crippen LogP contribution in [0.4, 0.5) is 0 Å². The lowest BCUT2D eigenvalue weighted by Gasteiger charge is -2.05. The van der Waals surface area contributed by atoms with Crippen LogP contribution in [0.25, 0.3) is 10.9 Å². The number of hydrogen-bond acceptors (Lipinski definition) is 3. The second kappa shape index (κ2) is 3.27. The van der Waals surface area contributed by atoms with Crippen LogP contribution in [0.2, 0.25) is 0 Å². The Labute approximate surface area is 81.7 Å². The minimum atomic E-state index is -0.00929. The second-order valence-corrected chi connectivity index (χ2v) is 3.28. The molecule has 0 fully saturated rings. The standard InChI is InChI=1S/C11H11NO2/c1-7-4-8(6-13)10-3-2-9(14)5-11(10)12-7/h2-5,13-14H,6H2,1H3. The van der Waals surface area contributed by atoms with Gasteiger partial charge in [0, 0.05) is 17.1 Å². The number of aliphatic hydroxyl groups is 1. The summed E-state index contributed by atoms with van der Waals surface area (Å²) in [6.07, 6.45) is 0. The van der Waals surface area contributed by atoms with Crippen molar-refractivity contribution in [1.82, 2.24) is 4.98 Å². The first-order valence-corrected chi connectivity index (χ1v) is 4.41. The minimum Gasteiger partial charge on any atom is -0.508 e. The molecule has 14 heavy (non-hydrogen) atoms. The fourth-order valence-electron chi connectivity index (χ4n) is 1.57. The van der Waals surface area contributed by atoms with Gasteiger partial charge in [-0.25, -0.2) is 0 Å². The second-order valence-electron chi connectivity index (χ2n) is 3.28. The molecule has 0 aliphatic heterocycles. The molecule has 0 spiro atoms. The zero-order valence-electron chi connectivity index (χ0n) is 7.86. The van der Waals surface area contributed by atoms with Gasteiger partial charge in [0.25, 0.3) is 0 Å². The third-order valence-electron chi connectivity index (χ3n) is 2.18. The molecule has 0 saturated heterocycles. The highest BCUT2D eigenvalue weighted by Gasteiger charge is 2.03. The molecule has 1 aromatic heterocycles. The van der Waals surface area contributed by atoms with Gasteiger partial charge in [-0.1, -0.05) is 0 Å². The predicted octanol–water partition coefficient (Wildman–Crippen LogP) is 1.74. The molecule has 0 aliphatic carbocycles. The van der Waals surface area contributed by atoms with Gasteiger partial charge in [0.2, 0.25) is 0 Å². The van der Waals surface area contributed by atoms with Crippen molar-refractivity contribution in [1.29, 1.82) is 0 Å². The van der Waals surface area contributed by atoms with Crippen LogP contribution < -0.4 is 0 Å². The number of aromatic hydroxyl groups is 1. The molecule has 1 aromatic carbocycles. The number of fused-ring (bicyclic) bond motifs is 1. The first kappa shape index (κ1) is 8.97. The summed E-state index contributed by atoms with van der Waals surface area (Å²) < 4.78 is 0. The van der Waals surface area contributed by atoms with Crippen molar-refractivity contribution < 1.29 is 10.2 Å². The number of phenolic OH excluding ortho intramolecular Hbond substituents is 1. The van der Waals surface area contributed by atoms with Gasteiger partial charge in [-0.05, 0) is 30.7 Å². The van der Waals surface area contributed by atoms with E-state index in [1.165, 1.54) is 0 Å². The molecule has 3 nitrogen and oxygen atoms in total. The van der Waals surface area contributed by atoms with Crippen LogP contribution in [-0.4, -0.2) is 15.2 Å². The zero-order chi connectivity index (χ0) is 10.1. The highest BCUT2D eigenvalue weighted by atomic mass is 16.3. The van der Waals surface area contributed by atoms with Gasteiger partial charge in [-0.2, -0.15) is 0 Å². The van der Waals surface area contributed by atoms with Crippen LogP contribution in [0.15, 0.2) is 24.3 Å². The highest BCUT2D eigenvalue weighted by molar-refractivity contribution is 5.83. The Hall–Kier alpha value is -1.61. The molecule has 0 saturated carbocycles. The molecule has 2 rings (SSSR count). The number of aryl methyl sites for hydroxylation is 1. The van der Waals surface area contributed by atoms with Crippen LogP contribution in [0.5, 0.6) is 5.75 Å². The summed E-state index contributed by atoms with van der Waals surface area (Å²) in [5, 5.41) is 19.3. The molecular formula is C11H11NO2. The van der Waals surface area contributed by atoms with Gasteiger partial charge in [0.05, 0.1) is 12.1 Å². The average Bonchev–Trinajstić information content (AvgIpc) is 2.15. The number of benzene rings is 1. The van der Waals surface area contributed by atoms with E-state index in [0.29, 0.717) is 5.52 Å². The molecule has 0 bridgehead atoms. The Morgan fingerprint density at radius 3 is 2.79 bits per heavy atom. The lowest BCUT2D eigenvalue weighted by molar-refractivity contribution is 0.283. The molecule has 0 amide bonds. The molecule has 2 aromatic rings. The molecule has 3 heteroatoms. The number of rotatable bonds is 1. The maximum absolute atomic E-state index is 9.28. The van der Waals surface area contributed by atoms with Crippen LogP contribution in [-0.2, 0) is 6.61 Å². The van der Waals surface area contributed by atoms with Crippen LogP contribution in [0.1, 0.15) is 11.3 Å². The third-order valence-corrected chi connectivity index (χ3v) is 2.18. The average molecular weight is 189 g/mol. The number of phenols is 1. The fraction of sp³-hybridized carbons (Fsp3) is 0.182. The maximum Gasteiger partial charge on any atom is 0.117 e. The van der Waals surface area contributed by atoms with Crippen molar-refractivity contribution in [2.75, 3.05) is 0 Å². The third kappa shape index (κ3) is 1.42. The molecule has 0 aliphatic rings. The lowest BCUT2D eigenvalue weighted by atomic mass is 10.1. The molecular weight excluding hydrogens is 178 g/mol. The van der Waals surface area contributed by atoms with Gasteiger partial charge >= 0.3 is 0 Å². The van der Waals surface area contributed by atoms with Gasteiger partial charge in [0.15, 0.2) is 0 Å². The van der Waals surface area contributed by atoms with Gasteiger partial charge in [-0.15, -0.1) is 0 Å². The Balaban J connectivity index is 2.81. The summed E-state index contributed by atoms with van der Waals surface area (Å²) in [6.45, 7) is 1.85. The van der Waals surface area contributed by atoms with Gasteiger partial charge < -0.3 is 10.2 Å². The van der Waals surface area contributed by atoms with Crippen molar-refractivity contribution in [3.05, 3.63) is 35.5 Å². The molecule has 0 atom stereocenters. The number of pyridine rings is 1. The quantitative estimate of drug-likeness (QED) is 0.718. The normalized spacial score (nSPS) is 10.7. The Kier molecular flexibility index (Phi) is 2.09. The fourth-order valence-corrected chi connectivity index (χ4v) is 1.57. The van der Waals surface area contributed by atoms with Crippen molar-refractivity contribution in [2.24, 2.45) is 0 Å². The zero-order valence-corrected chi connectivity index (χ0v) is 7.86. The van der Waals surface area contributed by atoms with E-state index in [4.69, 9.17) is 5.11 Å². The summed E-state index contributed by atoms with van der Waals surface area (Å²) in [7, 11) is 0. The Morgan fingerprint density at radius 1 is 1.29 bits per heavy atom. The van der Waals surface area contributed by atoms with E-state index in [9.17, 15) is 5.11 Å². The van der Waals surface area contributed by atoms with E-state index >= 15 is 0 Å². The molecule has 72 valence electrons. The van der Waals surface area contributed by atoms with E-state index in [-0.39, 0.29) is 12.4 Å².